The maximum absolute atomic E-state index is 13.0. The number of benzene rings is 1. The molecule has 1 unspecified atom stereocenters. The van der Waals surface area contributed by atoms with Crippen molar-refractivity contribution in [2.24, 2.45) is 5.16 Å². The molecule has 0 saturated carbocycles. The normalized spacial score (nSPS) is 19.2. The van der Waals surface area contributed by atoms with E-state index in [-0.39, 0.29) is 28.0 Å². The molecule has 38 heavy (non-hydrogen) atoms. The van der Waals surface area contributed by atoms with Gasteiger partial charge in [0.05, 0.1) is 10.2 Å². The van der Waals surface area contributed by atoms with Gasteiger partial charge in [0, 0.05) is 16.0 Å². The fourth-order valence-electron chi connectivity index (χ4n) is 3.63. The van der Waals surface area contributed by atoms with Crippen LogP contribution in [-0.4, -0.2) is 78.3 Å². The van der Waals surface area contributed by atoms with Gasteiger partial charge >= 0.3 is 11.9 Å². The highest BCUT2D eigenvalue weighted by molar-refractivity contribution is 8.07. The Labute approximate surface area is 229 Å². The molecule has 0 bridgehead atoms. The summed E-state index contributed by atoms with van der Waals surface area (Å²) in [6.45, 7) is -0.799. The van der Waals surface area contributed by atoms with Crippen molar-refractivity contribution in [3.05, 3.63) is 45.9 Å². The molecule has 17 heteroatoms. The van der Waals surface area contributed by atoms with Crippen LogP contribution in [0.25, 0.3) is 10.2 Å². The van der Waals surface area contributed by atoms with E-state index in [1.54, 1.807) is 0 Å². The summed E-state index contributed by atoms with van der Waals surface area (Å²) in [6.07, 6.45) is 0. The van der Waals surface area contributed by atoms with Gasteiger partial charge in [-0.1, -0.05) is 29.1 Å². The van der Waals surface area contributed by atoms with Crippen LogP contribution in [0.15, 0.2) is 49.7 Å². The number of thiazole rings is 2. The first kappa shape index (κ1) is 26.0. The van der Waals surface area contributed by atoms with Crippen LogP contribution in [0.4, 0.5) is 5.13 Å². The predicted molar refractivity (Wildman–Crippen MR) is 142 cm³/mol. The number of nitrogens with zero attached hydrogens (tertiary/aromatic N) is 4. The van der Waals surface area contributed by atoms with Crippen molar-refractivity contribution in [2.75, 3.05) is 18.1 Å². The molecule has 2 aliphatic heterocycles. The van der Waals surface area contributed by atoms with E-state index in [0.29, 0.717) is 9.24 Å². The van der Waals surface area contributed by atoms with Crippen LogP contribution in [-0.2, 0) is 24.0 Å². The number of carboxylic acids is 2. The SMILES string of the molecule is Nc1nc(C(=NOCC(=O)O)C(=O)NC2C(=O)N3C(C(=O)O)=C(Sc4nc5ccccc5s4)CS[C@@H]23)cs1. The van der Waals surface area contributed by atoms with Gasteiger partial charge in [-0.2, -0.15) is 0 Å². The van der Waals surface area contributed by atoms with Crippen molar-refractivity contribution in [3.8, 4) is 0 Å². The van der Waals surface area contributed by atoms with Crippen LogP contribution >= 0.6 is 46.2 Å². The summed E-state index contributed by atoms with van der Waals surface area (Å²) in [5.74, 6) is -3.75. The third-order valence-corrected chi connectivity index (χ3v) is 9.55. The molecule has 196 valence electrons. The lowest BCUT2D eigenvalue weighted by Gasteiger charge is -2.49. The van der Waals surface area contributed by atoms with E-state index in [1.807, 2.05) is 24.3 Å². The second-order valence-corrected chi connectivity index (χ2v) is 12.0. The van der Waals surface area contributed by atoms with E-state index in [4.69, 9.17) is 15.7 Å². The predicted octanol–water partition coefficient (Wildman–Crippen LogP) is 1.63. The molecule has 2 amide bonds. The first-order valence-corrected chi connectivity index (χ1v) is 14.2. The lowest BCUT2D eigenvalue weighted by Crippen LogP contribution is -2.71. The average Bonchev–Trinajstić information content (AvgIpc) is 3.49. The number of carbonyl (C=O) groups excluding carboxylic acids is 2. The van der Waals surface area contributed by atoms with E-state index in [1.165, 1.54) is 40.2 Å². The quantitative estimate of drug-likeness (QED) is 0.159. The number of nitrogens with one attached hydrogen (secondary N) is 1. The van der Waals surface area contributed by atoms with Crippen molar-refractivity contribution in [1.82, 2.24) is 20.2 Å². The molecule has 0 spiro atoms. The zero-order chi connectivity index (χ0) is 27.0. The maximum atomic E-state index is 13.0. The minimum absolute atomic E-state index is 0.0379. The number of carboxylic acid groups (broad SMARTS) is 2. The molecule has 13 nitrogen and oxygen atoms in total. The van der Waals surface area contributed by atoms with Gasteiger partial charge < -0.3 is 26.1 Å². The number of amides is 2. The number of hydrogen-bond acceptors (Lipinski definition) is 13. The lowest BCUT2D eigenvalue weighted by molar-refractivity contribution is -0.150. The number of nitrogens with two attached hydrogens (primary N) is 1. The smallest absolute Gasteiger partial charge is 0.353 e. The lowest BCUT2D eigenvalue weighted by atomic mass is 10.0. The number of thioether (sulfide) groups is 2. The molecule has 1 fully saturated rings. The molecule has 0 radical (unpaired) electrons. The summed E-state index contributed by atoms with van der Waals surface area (Å²) < 4.78 is 1.62. The Morgan fingerprint density at radius 2 is 2.05 bits per heavy atom. The number of nitrogen functional groups attached to an aromatic ring is 1. The van der Waals surface area contributed by atoms with Gasteiger partial charge in [0.25, 0.3) is 11.8 Å². The Balaban J connectivity index is 1.34. The Kier molecular flexibility index (Phi) is 7.24. The third kappa shape index (κ3) is 5.04. The van der Waals surface area contributed by atoms with Crippen LogP contribution in [0.2, 0.25) is 0 Å². The standard InChI is InChI=1S/C21H16N6O7S4/c22-20-23-9(6-36-20)13(26-34-5-12(28)29)16(30)25-14-17(31)27-15(19(32)33)11(7-35-18(14)27)38-21-24-8-3-1-2-4-10(8)37-21/h1-4,6,14,18H,5,7H2,(H2,22,23)(H,25,30)(H,28,29)(H,32,33)/t14?,18-/m0/s1. The molecule has 2 aliphatic rings. The maximum Gasteiger partial charge on any atom is 0.353 e. The van der Waals surface area contributed by atoms with Crippen LogP contribution in [0.3, 0.4) is 0 Å². The zero-order valence-electron chi connectivity index (χ0n) is 18.9. The zero-order valence-corrected chi connectivity index (χ0v) is 22.2. The number of carbonyl (C=O) groups is 4. The highest BCUT2D eigenvalue weighted by Crippen LogP contribution is 2.46. The molecular formula is C21H16N6O7S4. The topological polar surface area (TPSA) is 197 Å². The number of para-hydroxylation sites is 1. The minimum atomic E-state index is -1.30. The van der Waals surface area contributed by atoms with Gasteiger partial charge in [-0.3, -0.25) is 14.5 Å². The fourth-order valence-corrected chi connectivity index (χ4v) is 7.89. The first-order chi connectivity index (χ1) is 18.2. The summed E-state index contributed by atoms with van der Waals surface area (Å²) >= 11 is 4.95. The van der Waals surface area contributed by atoms with E-state index in [2.05, 4.69) is 20.4 Å². The average molecular weight is 593 g/mol. The molecule has 0 aliphatic carbocycles. The molecule has 5 rings (SSSR count). The fraction of sp³-hybridized carbons (Fsp3) is 0.190. The number of aliphatic carboxylic acids is 2. The van der Waals surface area contributed by atoms with Crippen LogP contribution < -0.4 is 11.1 Å². The van der Waals surface area contributed by atoms with E-state index in [0.717, 1.165) is 26.5 Å². The molecule has 4 heterocycles. The van der Waals surface area contributed by atoms with Gasteiger partial charge in [0.2, 0.25) is 6.61 Å². The monoisotopic (exact) mass is 592 g/mol. The van der Waals surface area contributed by atoms with Crippen molar-refractivity contribution in [3.63, 3.8) is 0 Å². The molecular weight excluding hydrogens is 577 g/mol. The third-order valence-electron chi connectivity index (χ3n) is 5.23. The highest BCUT2D eigenvalue weighted by atomic mass is 32.2. The Hall–Kier alpha value is -3.67. The Morgan fingerprint density at radius 3 is 2.74 bits per heavy atom. The van der Waals surface area contributed by atoms with Crippen LogP contribution in [0.5, 0.6) is 0 Å². The molecule has 5 N–H and O–H groups in total. The van der Waals surface area contributed by atoms with Crippen molar-refractivity contribution < 1.29 is 34.2 Å². The van der Waals surface area contributed by atoms with Gasteiger partial charge in [-0.05, 0) is 12.1 Å². The summed E-state index contributed by atoms with van der Waals surface area (Å²) in [4.78, 5) is 63.8. The van der Waals surface area contributed by atoms with Crippen molar-refractivity contribution >= 4 is 91.0 Å². The number of anilines is 1. The second kappa shape index (κ2) is 10.6. The number of hydrogen-bond donors (Lipinski definition) is 4. The summed E-state index contributed by atoms with van der Waals surface area (Å²) in [6, 6.07) is 6.50. The Morgan fingerprint density at radius 1 is 1.26 bits per heavy atom. The second-order valence-electron chi connectivity index (χ2n) is 7.67. The molecule has 3 aromatic rings. The number of oxime groups is 1. The molecule has 1 aromatic carbocycles. The van der Waals surface area contributed by atoms with Gasteiger partial charge in [0.15, 0.2) is 15.2 Å². The number of fused-ring (bicyclic) bond motifs is 2. The van der Waals surface area contributed by atoms with Gasteiger partial charge in [-0.15, -0.1) is 34.4 Å². The number of β-lactam (4-membered cyclic amide) rings is 1. The summed E-state index contributed by atoms with van der Waals surface area (Å²) in [5.41, 5.74) is 5.95. The van der Waals surface area contributed by atoms with Crippen molar-refractivity contribution in [1.29, 1.82) is 0 Å². The van der Waals surface area contributed by atoms with E-state index < -0.39 is 41.8 Å². The molecule has 2 aromatic heterocycles. The molecule has 1 saturated heterocycles. The molecule has 2 atom stereocenters. The van der Waals surface area contributed by atoms with E-state index in [9.17, 15) is 24.3 Å². The number of rotatable bonds is 9. The van der Waals surface area contributed by atoms with Crippen LogP contribution in [0.1, 0.15) is 5.69 Å². The van der Waals surface area contributed by atoms with Gasteiger partial charge in [0.1, 0.15) is 22.8 Å². The first-order valence-electron chi connectivity index (χ1n) is 10.6. The van der Waals surface area contributed by atoms with Crippen LogP contribution in [0, 0.1) is 0 Å². The van der Waals surface area contributed by atoms with Gasteiger partial charge in [-0.25, -0.2) is 19.6 Å². The van der Waals surface area contributed by atoms with Crippen molar-refractivity contribution in [2.45, 2.75) is 15.8 Å². The summed E-state index contributed by atoms with van der Waals surface area (Å²) in [5, 5.41) is 25.7. The summed E-state index contributed by atoms with van der Waals surface area (Å²) in [7, 11) is 0. The number of aromatic nitrogens is 2. The van der Waals surface area contributed by atoms with E-state index >= 15 is 0 Å². The largest absolute Gasteiger partial charge is 0.479 e. The Bertz CT molecular complexity index is 1500. The minimum Gasteiger partial charge on any atom is -0.479 e. The highest BCUT2D eigenvalue weighted by Gasteiger charge is 2.54.